The number of carbonyl (C=O) groups is 2. The summed E-state index contributed by atoms with van der Waals surface area (Å²) in [5.74, 6) is -1.10. The highest BCUT2D eigenvalue weighted by Gasteiger charge is 2.27. The second kappa shape index (κ2) is 7.99. The predicted molar refractivity (Wildman–Crippen MR) is 86.6 cm³/mol. The molecule has 1 aromatic rings. The largest absolute Gasteiger partial charge is 0.497 e. The van der Waals surface area contributed by atoms with Gasteiger partial charge in [0.2, 0.25) is 0 Å². The molecule has 7 heteroatoms. The number of benzene rings is 1. The number of likely N-dealkylation sites (tertiary alicyclic amines) is 1. The number of carbonyl (C=O) groups excluding carboxylic acids is 1. The van der Waals surface area contributed by atoms with Crippen molar-refractivity contribution < 1.29 is 23.8 Å². The van der Waals surface area contributed by atoms with Gasteiger partial charge in [-0.15, -0.1) is 0 Å². The molecule has 0 radical (unpaired) electrons. The smallest absolute Gasteiger partial charge is 0.317 e. The molecule has 0 aromatic heterocycles. The van der Waals surface area contributed by atoms with Crippen LogP contribution in [0, 0.1) is 11.7 Å². The van der Waals surface area contributed by atoms with E-state index in [9.17, 15) is 14.0 Å². The van der Waals surface area contributed by atoms with E-state index in [0.29, 0.717) is 38.1 Å². The van der Waals surface area contributed by atoms with E-state index in [1.165, 1.54) is 19.2 Å². The van der Waals surface area contributed by atoms with Gasteiger partial charge in [-0.25, -0.2) is 9.18 Å². The highest BCUT2D eigenvalue weighted by Crippen LogP contribution is 2.19. The number of nitrogens with one attached hydrogen (secondary N) is 1. The first-order chi connectivity index (χ1) is 11.4. The van der Waals surface area contributed by atoms with E-state index < -0.39 is 5.97 Å². The van der Waals surface area contributed by atoms with Crippen molar-refractivity contribution in [2.24, 2.45) is 5.92 Å². The number of rotatable bonds is 5. The fraction of sp³-hybridized carbons (Fsp3) is 0.529. The van der Waals surface area contributed by atoms with Gasteiger partial charge < -0.3 is 20.1 Å². The number of piperidine rings is 1. The average molecular weight is 338 g/mol. The Balaban J connectivity index is 1.86. The van der Waals surface area contributed by atoms with Crippen LogP contribution in [0.25, 0.3) is 0 Å². The van der Waals surface area contributed by atoms with Crippen molar-refractivity contribution in [3.05, 3.63) is 29.6 Å². The maximum Gasteiger partial charge on any atom is 0.317 e. The third-order valence-electron chi connectivity index (χ3n) is 4.21. The molecule has 0 spiro atoms. The fourth-order valence-electron chi connectivity index (χ4n) is 2.89. The van der Waals surface area contributed by atoms with Crippen molar-refractivity contribution in [1.82, 2.24) is 10.2 Å². The van der Waals surface area contributed by atoms with Crippen LogP contribution in [-0.2, 0) is 11.2 Å². The molecule has 1 heterocycles. The second-order valence-electron chi connectivity index (χ2n) is 6.15. The van der Waals surface area contributed by atoms with Gasteiger partial charge in [0.25, 0.3) is 0 Å². The molecule has 1 unspecified atom stereocenters. The van der Waals surface area contributed by atoms with E-state index in [1.807, 2.05) is 6.92 Å². The Morgan fingerprint density at radius 2 is 2.04 bits per heavy atom. The van der Waals surface area contributed by atoms with Crippen LogP contribution in [0.15, 0.2) is 18.2 Å². The summed E-state index contributed by atoms with van der Waals surface area (Å²) in [6.45, 7) is 2.71. The van der Waals surface area contributed by atoms with Gasteiger partial charge in [0, 0.05) is 25.2 Å². The van der Waals surface area contributed by atoms with Crippen LogP contribution in [0.2, 0.25) is 0 Å². The van der Waals surface area contributed by atoms with Gasteiger partial charge in [0.15, 0.2) is 0 Å². The molecule has 1 fully saturated rings. The molecule has 0 bridgehead atoms. The number of amides is 2. The molecular formula is C17H23FN2O4. The monoisotopic (exact) mass is 338 g/mol. The number of nitrogens with zero attached hydrogens (tertiary/aromatic N) is 1. The first kappa shape index (κ1) is 18.0. The fourth-order valence-corrected chi connectivity index (χ4v) is 2.89. The van der Waals surface area contributed by atoms with Crippen LogP contribution in [0.4, 0.5) is 9.18 Å². The summed E-state index contributed by atoms with van der Waals surface area (Å²) in [6, 6.07) is 4.07. The van der Waals surface area contributed by atoms with Crippen molar-refractivity contribution in [3.63, 3.8) is 0 Å². The van der Waals surface area contributed by atoms with E-state index in [2.05, 4.69) is 5.32 Å². The average Bonchev–Trinajstić information content (AvgIpc) is 2.54. The zero-order valence-corrected chi connectivity index (χ0v) is 13.9. The Hall–Kier alpha value is -2.31. The van der Waals surface area contributed by atoms with Crippen molar-refractivity contribution in [2.45, 2.75) is 32.2 Å². The summed E-state index contributed by atoms with van der Waals surface area (Å²) < 4.78 is 18.5. The Labute approximate surface area is 140 Å². The lowest BCUT2D eigenvalue weighted by molar-refractivity contribution is -0.143. The Kier molecular flexibility index (Phi) is 6.00. The Bertz CT molecular complexity index is 600. The van der Waals surface area contributed by atoms with Crippen LogP contribution in [0.1, 0.15) is 25.3 Å². The number of urea groups is 1. The van der Waals surface area contributed by atoms with Gasteiger partial charge in [-0.2, -0.15) is 0 Å². The van der Waals surface area contributed by atoms with Crippen LogP contribution < -0.4 is 10.1 Å². The third-order valence-corrected chi connectivity index (χ3v) is 4.21. The first-order valence-electron chi connectivity index (χ1n) is 8.00. The van der Waals surface area contributed by atoms with Crippen molar-refractivity contribution >= 4 is 12.0 Å². The Morgan fingerprint density at radius 3 is 2.62 bits per heavy atom. The lowest BCUT2D eigenvalue weighted by atomic mass is 9.97. The number of methoxy groups -OCH3 is 1. The first-order valence-corrected chi connectivity index (χ1v) is 8.00. The lowest BCUT2D eigenvalue weighted by Gasteiger charge is -2.31. The second-order valence-corrected chi connectivity index (χ2v) is 6.15. The molecule has 6 nitrogen and oxygen atoms in total. The van der Waals surface area contributed by atoms with E-state index in [1.54, 1.807) is 11.0 Å². The molecule has 1 aliphatic heterocycles. The summed E-state index contributed by atoms with van der Waals surface area (Å²) in [5.41, 5.74) is 0.740. The van der Waals surface area contributed by atoms with Gasteiger partial charge in [0.1, 0.15) is 11.6 Å². The van der Waals surface area contributed by atoms with E-state index in [4.69, 9.17) is 9.84 Å². The summed E-state index contributed by atoms with van der Waals surface area (Å²) in [6.07, 6.45) is 1.42. The zero-order chi connectivity index (χ0) is 17.7. The van der Waals surface area contributed by atoms with E-state index >= 15 is 0 Å². The number of hydrogen-bond donors (Lipinski definition) is 2. The topological polar surface area (TPSA) is 78.9 Å². The van der Waals surface area contributed by atoms with Crippen LogP contribution >= 0.6 is 0 Å². The van der Waals surface area contributed by atoms with Crippen molar-refractivity contribution in [1.29, 1.82) is 0 Å². The van der Waals surface area contributed by atoms with Crippen LogP contribution in [-0.4, -0.2) is 48.2 Å². The zero-order valence-electron chi connectivity index (χ0n) is 13.9. The quantitative estimate of drug-likeness (QED) is 0.863. The third kappa shape index (κ3) is 4.84. The molecule has 1 aromatic carbocycles. The summed E-state index contributed by atoms with van der Waals surface area (Å²) in [5, 5.41) is 11.9. The molecule has 1 aliphatic rings. The minimum absolute atomic E-state index is 0.179. The molecule has 132 valence electrons. The number of hydrogen-bond acceptors (Lipinski definition) is 3. The molecule has 0 aliphatic carbocycles. The summed E-state index contributed by atoms with van der Waals surface area (Å²) in [7, 11) is 1.48. The number of carboxylic acid groups (broad SMARTS) is 1. The molecule has 2 N–H and O–H groups in total. The van der Waals surface area contributed by atoms with Gasteiger partial charge in [0.05, 0.1) is 13.0 Å². The van der Waals surface area contributed by atoms with Gasteiger partial charge in [-0.3, -0.25) is 4.79 Å². The lowest BCUT2D eigenvalue weighted by Crippen LogP contribution is -2.48. The molecule has 2 amide bonds. The van der Waals surface area contributed by atoms with Crippen LogP contribution in [0.3, 0.4) is 0 Å². The molecular weight excluding hydrogens is 315 g/mol. The van der Waals surface area contributed by atoms with E-state index in [0.717, 1.165) is 5.56 Å². The number of carboxylic acids is 1. The normalized spacial score (nSPS) is 16.5. The molecule has 24 heavy (non-hydrogen) atoms. The predicted octanol–water partition coefficient (Wildman–Crippen LogP) is 2.27. The molecule has 2 rings (SSSR count). The molecule has 0 saturated carbocycles. The molecule has 1 saturated heterocycles. The van der Waals surface area contributed by atoms with E-state index in [-0.39, 0.29) is 23.8 Å². The number of halogens is 1. The van der Waals surface area contributed by atoms with Crippen molar-refractivity contribution in [3.8, 4) is 5.75 Å². The van der Waals surface area contributed by atoms with Crippen LogP contribution in [0.5, 0.6) is 5.75 Å². The number of ether oxygens (including phenoxy) is 1. The minimum atomic E-state index is -0.802. The minimum Gasteiger partial charge on any atom is -0.497 e. The SMILES string of the molecule is COc1cc(F)cc(CC(C)NC(=O)N2CCC(C(=O)O)CC2)c1. The Morgan fingerprint density at radius 1 is 1.38 bits per heavy atom. The van der Waals surface area contributed by atoms with Gasteiger partial charge in [-0.05, 0) is 43.9 Å². The summed E-state index contributed by atoms with van der Waals surface area (Å²) >= 11 is 0. The maximum absolute atomic E-state index is 13.5. The van der Waals surface area contributed by atoms with Crippen molar-refractivity contribution in [2.75, 3.05) is 20.2 Å². The summed E-state index contributed by atoms with van der Waals surface area (Å²) in [4.78, 5) is 24.8. The highest BCUT2D eigenvalue weighted by molar-refractivity contribution is 5.75. The number of aliphatic carboxylic acids is 1. The molecule has 1 atom stereocenters. The van der Waals surface area contributed by atoms with Gasteiger partial charge >= 0.3 is 12.0 Å². The van der Waals surface area contributed by atoms with Gasteiger partial charge in [-0.1, -0.05) is 0 Å². The highest BCUT2D eigenvalue weighted by atomic mass is 19.1. The standard InChI is InChI=1S/C17H23FN2O4/c1-11(7-12-8-14(18)10-15(9-12)24-2)19-17(23)20-5-3-13(4-6-20)16(21)22/h8-11,13H,3-7H2,1-2H3,(H,19,23)(H,21,22). The maximum atomic E-state index is 13.5.